The molecule has 22 heavy (non-hydrogen) atoms. The highest BCUT2D eigenvalue weighted by Gasteiger charge is 2.31. The van der Waals surface area contributed by atoms with Crippen molar-refractivity contribution in [1.82, 2.24) is 14.9 Å². The Labute approximate surface area is 128 Å². The van der Waals surface area contributed by atoms with Gasteiger partial charge in [-0.15, -0.1) is 0 Å². The SMILES string of the molecule is Cc1ccc(CN2CCC(Nc3ncc(F)cn3)C2=O)cc1. The summed E-state index contributed by atoms with van der Waals surface area (Å²) in [6, 6.07) is 7.80. The van der Waals surface area contributed by atoms with Crippen LogP contribution in [0.2, 0.25) is 0 Å². The van der Waals surface area contributed by atoms with Crippen molar-refractivity contribution in [2.24, 2.45) is 0 Å². The number of likely N-dealkylation sites (tertiary alicyclic amines) is 1. The summed E-state index contributed by atoms with van der Waals surface area (Å²) >= 11 is 0. The van der Waals surface area contributed by atoms with Gasteiger partial charge < -0.3 is 10.2 Å². The zero-order valence-electron chi connectivity index (χ0n) is 12.3. The van der Waals surface area contributed by atoms with E-state index in [-0.39, 0.29) is 17.9 Å². The molecule has 1 aliphatic heterocycles. The molecule has 1 unspecified atom stereocenters. The van der Waals surface area contributed by atoms with Gasteiger partial charge in [0.2, 0.25) is 11.9 Å². The number of aryl methyl sites for hydroxylation is 1. The smallest absolute Gasteiger partial charge is 0.245 e. The molecular weight excluding hydrogens is 283 g/mol. The van der Waals surface area contributed by atoms with Crippen molar-refractivity contribution in [3.05, 3.63) is 53.6 Å². The van der Waals surface area contributed by atoms with E-state index in [4.69, 9.17) is 0 Å². The monoisotopic (exact) mass is 300 g/mol. The summed E-state index contributed by atoms with van der Waals surface area (Å²) in [5, 5.41) is 2.96. The fourth-order valence-corrected chi connectivity index (χ4v) is 2.49. The molecule has 1 amide bonds. The second-order valence-electron chi connectivity index (χ2n) is 5.46. The van der Waals surface area contributed by atoms with E-state index in [1.54, 1.807) is 0 Å². The number of anilines is 1. The first-order valence-corrected chi connectivity index (χ1v) is 7.20. The number of nitrogens with zero attached hydrogens (tertiary/aromatic N) is 3. The number of carbonyl (C=O) groups excluding carboxylic acids is 1. The van der Waals surface area contributed by atoms with Gasteiger partial charge >= 0.3 is 0 Å². The Morgan fingerprint density at radius 1 is 1.27 bits per heavy atom. The zero-order valence-corrected chi connectivity index (χ0v) is 12.3. The van der Waals surface area contributed by atoms with Crippen LogP contribution in [0.15, 0.2) is 36.7 Å². The normalized spacial score (nSPS) is 17.8. The minimum atomic E-state index is -0.496. The summed E-state index contributed by atoms with van der Waals surface area (Å²) < 4.78 is 12.8. The van der Waals surface area contributed by atoms with E-state index in [9.17, 15) is 9.18 Å². The Balaban J connectivity index is 1.62. The summed E-state index contributed by atoms with van der Waals surface area (Å²) in [5.74, 6) is -0.199. The molecule has 1 N–H and O–H groups in total. The van der Waals surface area contributed by atoms with Crippen LogP contribution < -0.4 is 5.32 Å². The van der Waals surface area contributed by atoms with Crippen molar-refractivity contribution in [3.8, 4) is 0 Å². The van der Waals surface area contributed by atoms with Gasteiger partial charge in [0, 0.05) is 13.1 Å². The molecule has 2 aromatic rings. The van der Waals surface area contributed by atoms with E-state index in [1.165, 1.54) is 5.56 Å². The Bertz CT molecular complexity index is 599. The summed E-state index contributed by atoms with van der Waals surface area (Å²) in [6.07, 6.45) is 2.85. The lowest BCUT2D eigenvalue weighted by Crippen LogP contribution is -2.33. The van der Waals surface area contributed by atoms with E-state index in [0.717, 1.165) is 18.0 Å². The summed E-state index contributed by atoms with van der Waals surface area (Å²) in [7, 11) is 0. The van der Waals surface area contributed by atoms with Crippen molar-refractivity contribution < 1.29 is 9.18 Å². The molecule has 1 atom stereocenters. The van der Waals surface area contributed by atoms with Crippen LogP contribution in [0, 0.1) is 12.7 Å². The van der Waals surface area contributed by atoms with Crippen molar-refractivity contribution in [3.63, 3.8) is 0 Å². The van der Waals surface area contributed by atoms with Crippen LogP contribution in [0.1, 0.15) is 17.5 Å². The third-order valence-corrected chi connectivity index (χ3v) is 3.72. The van der Waals surface area contributed by atoms with E-state index in [0.29, 0.717) is 19.5 Å². The predicted molar refractivity (Wildman–Crippen MR) is 80.6 cm³/mol. The number of nitrogens with one attached hydrogen (secondary N) is 1. The van der Waals surface area contributed by atoms with Crippen molar-refractivity contribution >= 4 is 11.9 Å². The standard InChI is InChI=1S/C16H17FN4O/c1-11-2-4-12(5-3-11)10-21-7-6-14(15(21)22)20-16-18-8-13(17)9-19-16/h2-5,8-9,14H,6-7,10H2,1H3,(H,18,19,20). The Morgan fingerprint density at radius 3 is 2.64 bits per heavy atom. The predicted octanol–water partition coefficient (Wildman–Crippen LogP) is 2.14. The third kappa shape index (κ3) is 3.21. The average molecular weight is 300 g/mol. The number of hydrogen-bond donors (Lipinski definition) is 1. The van der Waals surface area contributed by atoms with E-state index in [2.05, 4.69) is 15.3 Å². The topological polar surface area (TPSA) is 58.1 Å². The van der Waals surface area contributed by atoms with Gasteiger partial charge in [0.05, 0.1) is 12.4 Å². The lowest BCUT2D eigenvalue weighted by Gasteiger charge is -2.17. The molecule has 0 spiro atoms. The van der Waals surface area contributed by atoms with Gasteiger partial charge in [-0.25, -0.2) is 14.4 Å². The van der Waals surface area contributed by atoms with Crippen molar-refractivity contribution in [2.75, 3.05) is 11.9 Å². The van der Waals surface area contributed by atoms with Gasteiger partial charge in [-0.05, 0) is 18.9 Å². The first-order valence-electron chi connectivity index (χ1n) is 7.20. The first-order chi connectivity index (χ1) is 10.6. The molecule has 5 nitrogen and oxygen atoms in total. The van der Waals surface area contributed by atoms with Crippen LogP contribution in [0.5, 0.6) is 0 Å². The van der Waals surface area contributed by atoms with Crippen LogP contribution in [0.25, 0.3) is 0 Å². The zero-order chi connectivity index (χ0) is 15.5. The molecule has 1 aromatic heterocycles. The lowest BCUT2D eigenvalue weighted by atomic mass is 10.1. The minimum Gasteiger partial charge on any atom is -0.342 e. The Kier molecular flexibility index (Phi) is 4.00. The van der Waals surface area contributed by atoms with Crippen LogP contribution >= 0.6 is 0 Å². The van der Waals surface area contributed by atoms with Gasteiger partial charge in [0.25, 0.3) is 0 Å². The molecule has 0 bridgehead atoms. The summed E-state index contributed by atoms with van der Waals surface area (Å²) in [5.41, 5.74) is 2.31. The number of aromatic nitrogens is 2. The Morgan fingerprint density at radius 2 is 1.95 bits per heavy atom. The first kappa shape index (κ1) is 14.4. The summed E-state index contributed by atoms with van der Waals surface area (Å²) in [6.45, 7) is 3.32. The molecule has 6 heteroatoms. The quantitative estimate of drug-likeness (QED) is 0.940. The van der Waals surface area contributed by atoms with Gasteiger partial charge in [0.1, 0.15) is 6.04 Å². The minimum absolute atomic E-state index is 0.0218. The number of rotatable bonds is 4. The lowest BCUT2D eigenvalue weighted by molar-refractivity contribution is -0.128. The number of carbonyl (C=O) groups is 1. The highest BCUT2D eigenvalue weighted by Crippen LogP contribution is 2.18. The molecule has 1 saturated heterocycles. The van der Waals surface area contributed by atoms with Crippen LogP contribution in [0.3, 0.4) is 0 Å². The second-order valence-corrected chi connectivity index (χ2v) is 5.46. The van der Waals surface area contributed by atoms with Gasteiger partial charge in [0.15, 0.2) is 5.82 Å². The van der Waals surface area contributed by atoms with Crippen molar-refractivity contribution in [2.45, 2.75) is 25.9 Å². The van der Waals surface area contributed by atoms with Crippen LogP contribution in [-0.4, -0.2) is 33.4 Å². The molecule has 3 rings (SSSR count). The number of hydrogen-bond acceptors (Lipinski definition) is 4. The average Bonchev–Trinajstić information content (AvgIpc) is 2.85. The molecule has 0 aliphatic carbocycles. The number of halogens is 1. The molecule has 1 aromatic carbocycles. The summed E-state index contributed by atoms with van der Waals surface area (Å²) in [4.78, 5) is 21.8. The largest absolute Gasteiger partial charge is 0.342 e. The van der Waals surface area contributed by atoms with Gasteiger partial charge in [-0.3, -0.25) is 4.79 Å². The maximum absolute atomic E-state index is 12.8. The van der Waals surface area contributed by atoms with Crippen LogP contribution in [-0.2, 0) is 11.3 Å². The van der Waals surface area contributed by atoms with Crippen LogP contribution in [0.4, 0.5) is 10.3 Å². The number of benzene rings is 1. The van der Waals surface area contributed by atoms with E-state index in [1.807, 2.05) is 36.1 Å². The fraction of sp³-hybridized carbons (Fsp3) is 0.312. The molecule has 114 valence electrons. The molecular formula is C16H17FN4O. The van der Waals surface area contributed by atoms with Gasteiger partial charge in [-0.1, -0.05) is 29.8 Å². The van der Waals surface area contributed by atoms with E-state index >= 15 is 0 Å². The maximum atomic E-state index is 12.8. The fourth-order valence-electron chi connectivity index (χ4n) is 2.49. The maximum Gasteiger partial charge on any atom is 0.245 e. The molecule has 0 radical (unpaired) electrons. The number of amides is 1. The molecule has 1 fully saturated rings. The second kappa shape index (κ2) is 6.09. The molecule has 2 heterocycles. The van der Waals surface area contributed by atoms with Crippen molar-refractivity contribution in [1.29, 1.82) is 0 Å². The van der Waals surface area contributed by atoms with Gasteiger partial charge in [-0.2, -0.15) is 0 Å². The molecule has 0 saturated carbocycles. The Hall–Kier alpha value is -2.50. The highest BCUT2D eigenvalue weighted by atomic mass is 19.1. The third-order valence-electron chi connectivity index (χ3n) is 3.72. The molecule has 1 aliphatic rings. The highest BCUT2D eigenvalue weighted by molar-refractivity contribution is 5.86. The van der Waals surface area contributed by atoms with E-state index < -0.39 is 5.82 Å².